The lowest BCUT2D eigenvalue weighted by molar-refractivity contribution is 0.0569. The normalized spacial score (nSPS) is 10.5. The summed E-state index contributed by atoms with van der Waals surface area (Å²) in [7, 11) is 2.90. The van der Waals surface area contributed by atoms with E-state index in [9.17, 15) is 13.6 Å². The maximum absolute atomic E-state index is 12.5. The number of methoxy groups -OCH3 is 2. The van der Waals surface area contributed by atoms with Crippen LogP contribution in [0.1, 0.15) is 10.4 Å². The van der Waals surface area contributed by atoms with Gasteiger partial charge in [-0.25, -0.2) is 8.78 Å². The first-order valence-electron chi connectivity index (χ1n) is 5.88. The van der Waals surface area contributed by atoms with Crippen LogP contribution in [-0.4, -0.2) is 49.9 Å². The summed E-state index contributed by atoms with van der Waals surface area (Å²) in [4.78, 5) is 13.4. The lowest BCUT2D eigenvalue weighted by atomic mass is 10.1. The second-order valence-electron chi connectivity index (χ2n) is 3.90. The second-order valence-corrected chi connectivity index (χ2v) is 4.69. The number of carbonyl (C=O) groups is 1. The number of amides is 1. The van der Waals surface area contributed by atoms with Gasteiger partial charge < -0.3 is 14.4 Å². The van der Waals surface area contributed by atoms with Gasteiger partial charge in [-0.15, -0.1) is 0 Å². The molecule has 1 amide bonds. The van der Waals surface area contributed by atoms with Gasteiger partial charge >= 0.3 is 0 Å². The van der Waals surface area contributed by atoms with Crippen molar-refractivity contribution in [1.82, 2.24) is 4.90 Å². The van der Waals surface area contributed by atoms with Gasteiger partial charge in [-0.05, 0) is 12.1 Å². The number of benzene rings is 1. The highest BCUT2D eigenvalue weighted by Gasteiger charge is 2.22. The van der Waals surface area contributed by atoms with E-state index in [1.807, 2.05) is 0 Å². The average molecular weight is 352 g/mol. The first-order valence-corrected chi connectivity index (χ1v) is 7.01. The van der Waals surface area contributed by atoms with Crippen LogP contribution in [0.25, 0.3) is 0 Å². The average Bonchev–Trinajstić information content (AvgIpc) is 2.44. The second kappa shape index (κ2) is 8.04. The number of alkyl halides is 3. The van der Waals surface area contributed by atoms with E-state index in [-0.39, 0.29) is 12.1 Å². The molecule has 7 heteroatoms. The van der Waals surface area contributed by atoms with Crippen LogP contribution in [0.4, 0.5) is 8.78 Å². The molecule has 0 N–H and O–H groups in total. The van der Waals surface area contributed by atoms with Gasteiger partial charge in [0.2, 0.25) is 0 Å². The minimum Gasteiger partial charge on any atom is -0.497 e. The van der Waals surface area contributed by atoms with E-state index in [1.54, 1.807) is 12.1 Å². The van der Waals surface area contributed by atoms with Crippen LogP contribution in [0.5, 0.6) is 11.5 Å². The van der Waals surface area contributed by atoms with E-state index in [1.165, 1.54) is 20.3 Å². The van der Waals surface area contributed by atoms with Gasteiger partial charge in [-0.2, -0.15) is 0 Å². The zero-order chi connectivity index (χ0) is 15.1. The fourth-order valence-corrected chi connectivity index (χ4v) is 2.12. The van der Waals surface area contributed by atoms with Crippen LogP contribution in [0, 0.1) is 0 Å². The molecule has 0 unspecified atom stereocenters. The SMILES string of the molecule is COc1ccc(C(=O)N(CCBr)CC(F)F)c(OC)c1. The van der Waals surface area contributed by atoms with Crippen molar-refractivity contribution in [1.29, 1.82) is 0 Å². The molecule has 0 aromatic heterocycles. The smallest absolute Gasteiger partial charge is 0.257 e. The van der Waals surface area contributed by atoms with Crippen molar-refractivity contribution >= 4 is 21.8 Å². The summed E-state index contributed by atoms with van der Waals surface area (Å²) in [6.45, 7) is -0.419. The van der Waals surface area contributed by atoms with Crippen LogP contribution in [0.2, 0.25) is 0 Å². The Hall–Kier alpha value is -1.37. The van der Waals surface area contributed by atoms with Gasteiger partial charge in [0, 0.05) is 17.9 Å². The summed E-state index contributed by atoms with van der Waals surface area (Å²) in [5, 5.41) is 0.421. The first kappa shape index (κ1) is 16.7. The quantitative estimate of drug-likeness (QED) is 0.709. The molecule has 20 heavy (non-hydrogen) atoms. The highest BCUT2D eigenvalue weighted by Crippen LogP contribution is 2.26. The highest BCUT2D eigenvalue weighted by atomic mass is 79.9. The molecule has 1 aromatic carbocycles. The lowest BCUT2D eigenvalue weighted by Gasteiger charge is -2.22. The highest BCUT2D eigenvalue weighted by molar-refractivity contribution is 9.09. The van der Waals surface area contributed by atoms with E-state index in [0.717, 1.165) is 4.90 Å². The third kappa shape index (κ3) is 4.33. The molecule has 0 aliphatic carbocycles. The Morgan fingerprint density at radius 1 is 1.35 bits per heavy atom. The molecule has 112 valence electrons. The van der Waals surface area contributed by atoms with Crippen molar-refractivity contribution in [2.24, 2.45) is 0 Å². The number of hydrogen-bond acceptors (Lipinski definition) is 3. The van der Waals surface area contributed by atoms with Crippen molar-refractivity contribution in [2.75, 3.05) is 32.6 Å². The summed E-state index contributed by atoms with van der Waals surface area (Å²) in [6, 6.07) is 4.64. The fourth-order valence-electron chi connectivity index (χ4n) is 1.69. The predicted molar refractivity (Wildman–Crippen MR) is 75.2 cm³/mol. The fraction of sp³-hybridized carbons (Fsp3) is 0.462. The first-order chi connectivity index (χ1) is 9.53. The summed E-state index contributed by atoms with van der Waals surface area (Å²) < 4.78 is 35.2. The number of nitrogens with zero attached hydrogens (tertiary/aromatic N) is 1. The molecule has 0 atom stereocenters. The Morgan fingerprint density at radius 3 is 2.55 bits per heavy atom. The van der Waals surface area contributed by atoms with Crippen molar-refractivity contribution in [2.45, 2.75) is 6.43 Å². The number of carbonyl (C=O) groups excluding carboxylic acids is 1. The van der Waals surface area contributed by atoms with Gasteiger partial charge in [-0.3, -0.25) is 4.79 Å². The van der Waals surface area contributed by atoms with Gasteiger partial charge in [-0.1, -0.05) is 15.9 Å². The standard InChI is InChI=1S/C13H16BrF2NO3/c1-19-9-3-4-10(11(7-9)20-2)13(18)17(6-5-14)8-12(15)16/h3-4,7,12H,5-6,8H2,1-2H3. The van der Waals surface area contributed by atoms with Crippen molar-refractivity contribution in [3.63, 3.8) is 0 Å². The van der Waals surface area contributed by atoms with Crippen LogP contribution in [0.15, 0.2) is 18.2 Å². The third-order valence-corrected chi connectivity index (χ3v) is 2.99. The van der Waals surface area contributed by atoms with Crippen LogP contribution < -0.4 is 9.47 Å². The molecule has 0 spiro atoms. The van der Waals surface area contributed by atoms with Crippen molar-refractivity contribution < 1.29 is 23.0 Å². The van der Waals surface area contributed by atoms with Crippen molar-refractivity contribution in [3.8, 4) is 11.5 Å². The topological polar surface area (TPSA) is 38.8 Å². The maximum Gasteiger partial charge on any atom is 0.257 e. The van der Waals surface area contributed by atoms with Gasteiger partial charge in [0.15, 0.2) is 0 Å². The summed E-state index contributed by atoms with van der Waals surface area (Å²) in [6.07, 6.45) is -2.58. The van der Waals surface area contributed by atoms with Crippen LogP contribution in [0.3, 0.4) is 0 Å². The zero-order valence-electron chi connectivity index (χ0n) is 11.2. The van der Waals surface area contributed by atoms with Gasteiger partial charge in [0.05, 0.1) is 26.3 Å². The molecule has 0 heterocycles. The third-order valence-electron chi connectivity index (χ3n) is 2.64. The Bertz CT molecular complexity index is 457. The summed E-state index contributed by atoms with van der Waals surface area (Å²) in [5.41, 5.74) is 0.231. The number of ether oxygens (including phenoxy) is 2. The largest absolute Gasteiger partial charge is 0.497 e. The Labute approximate surface area is 124 Å². The van der Waals surface area contributed by atoms with E-state index in [2.05, 4.69) is 15.9 Å². The van der Waals surface area contributed by atoms with E-state index in [4.69, 9.17) is 9.47 Å². The number of rotatable bonds is 7. The van der Waals surface area contributed by atoms with Gasteiger partial charge in [0.1, 0.15) is 11.5 Å². The molecule has 0 saturated heterocycles. The molecule has 4 nitrogen and oxygen atoms in total. The summed E-state index contributed by atoms with van der Waals surface area (Å²) in [5.74, 6) is 0.326. The number of halogens is 3. The molecule has 0 saturated carbocycles. The molecule has 0 bridgehead atoms. The minimum atomic E-state index is -2.58. The molecule has 0 aliphatic rings. The van der Waals surface area contributed by atoms with E-state index >= 15 is 0 Å². The molecule has 1 rings (SSSR count). The molecule has 0 fully saturated rings. The van der Waals surface area contributed by atoms with Crippen LogP contribution in [-0.2, 0) is 0 Å². The predicted octanol–water partition coefficient (Wildman–Crippen LogP) is 2.81. The summed E-state index contributed by atoms with van der Waals surface area (Å²) >= 11 is 3.15. The Kier molecular flexibility index (Phi) is 6.70. The molecular formula is C13H16BrF2NO3. The molecular weight excluding hydrogens is 336 g/mol. The van der Waals surface area contributed by atoms with E-state index in [0.29, 0.717) is 16.8 Å². The maximum atomic E-state index is 12.5. The minimum absolute atomic E-state index is 0.193. The zero-order valence-corrected chi connectivity index (χ0v) is 12.8. The Morgan fingerprint density at radius 2 is 2.05 bits per heavy atom. The molecule has 1 aromatic rings. The van der Waals surface area contributed by atoms with Crippen molar-refractivity contribution in [3.05, 3.63) is 23.8 Å². The molecule has 0 radical (unpaired) electrons. The van der Waals surface area contributed by atoms with E-state index < -0.39 is 18.9 Å². The van der Waals surface area contributed by atoms with Gasteiger partial charge in [0.25, 0.3) is 12.3 Å². The monoisotopic (exact) mass is 351 g/mol. The molecule has 0 aliphatic heterocycles. The Balaban J connectivity index is 3.04. The number of hydrogen-bond donors (Lipinski definition) is 0. The van der Waals surface area contributed by atoms with Crippen LogP contribution >= 0.6 is 15.9 Å². The lowest BCUT2D eigenvalue weighted by Crippen LogP contribution is -2.36.